The Balaban J connectivity index is 0.00000392. The van der Waals surface area contributed by atoms with Crippen LogP contribution in [0.25, 0.3) is 0 Å². The zero-order valence-corrected chi connectivity index (χ0v) is 20.2. The third-order valence-electron chi connectivity index (χ3n) is 4.77. The van der Waals surface area contributed by atoms with E-state index in [0.717, 1.165) is 70.2 Å². The first-order valence-electron chi connectivity index (χ1n) is 10.4. The molecular weight excluding hydrogens is 465 g/mol. The second-order valence-corrected chi connectivity index (χ2v) is 7.50. The number of guanidine groups is 1. The van der Waals surface area contributed by atoms with Crippen molar-refractivity contribution < 1.29 is 4.74 Å². The van der Waals surface area contributed by atoms with Gasteiger partial charge in [0.05, 0.1) is 12.7 Å². The molecule has 160 valence electrons. The SMILES string of the molecule is CCNC(=NCCc1ccc(C)nc1)NC1CCN(CCOC(C)C)CC1.I. The van der Waals surface area contributed by atoms with Gasteiger partial charge in [0.25, 0.3) is 0 Å². The van der Waals surface area contributed by atoms with Gasteiger partial charge in [-0.25, -0.2) is 0 Å². The fourth-order valence-electron chi connectivity index (χ4n) is 3.17. The molecule has 0 spiro atoms. The lowest BCUT2D eigenvalue weighted by molar-refractivity contribution is 0.0532. The number of hydrogen-bond donors (Lipinski definition) is 2. The van der Waals surface area contributed by atoms with Crippen LogP contribution in [-0.4, -0.2) is 67.3 Å². The van der Waals surface area contributed by atoms with Crippen molar-refractivity contribution in [3.05, 3.63) is 29.6 Å². The van der Waals surface area contributed by atoms with Gasteiger partial charge in [0.2, 0.25) is 0 Å². The van der Waals surface area contributed by atoms with Crippen molar-refractivity contribution in [1.29, 1.82) is 0 Å². The van der Waals surface area contributed by atoms with Crippen molar-refractivity contribution in [2.45, 2.75) is 59.1 Å². The molecular formula is C21H38IN5O. The van der Waals surface area contributed by atoms with Gasteiger partial charge in [0.15, 0.2) is 5.96 Å². The first-order valence-corrected chi connectivity index (χ1v) is 10.4. The van der Waals surface area contributed by atoms with Gasteiger partial charge in [-0.05, 0) is 58.6 Å². The van der Waals surface area contributed by atoms with Crippen molar-refractivity contribution in [3.8, 4) is 0 Å². The van der Waals surface area contributed by atoms with Crippen LogP contribution in [-0.2, 0) is 11.2 Å². The summed E-state index contributed by atoms with van der Waals surface area (Å²) in [6.45, 7) is 14.0. The molecule has 1 aliphatic rings. The maximum absolute atomic E-state index is 5.66. The second-order valence-electron chi connectivity index (χ2n) is 7.50. The summed E-state index contributed by atoms with van der Waals surface area (Å²) in [5.41, 5.74) is 2.29. The van der Waals surface area contributed by atoms with Gasteiger partial charge in [-0.15, -0.1) is 24.0 Å². The number of aliphatic imine (C=N–C) groups is 1. The van der Waals surface area contributed by atoms with Crippen LogP contribution in [0.4, 0.5) is 0 Å². The second kappa shape index (κ2) is 14.1. The van der Waals surface area contributed by atoms with Crippen LogP contribution in [0.2, 0.25) is 0 Å². The Hall–Kier alpha value is -0.930. The minimum Gasteiger partial charge on any atom is -0.377 e. The van der Waals surface area contributed by atoms with E-state index in [-0.39, 0.29) is 24.0 Å². The first kappa shape index (κ1) is 25.1. The van der Waals surface area contributed by atoms with Crippen LogP contribution in [0.3, 0.4) is 0 Å². The molecule has 1 aliphatic heterocycles. The maximum atomic E-state index is 5.66. The molecule has 2 rings (SSSR count). The highest BCUT2D eigenvalue weighted by Crippen LogP contribution is 2.10. The van der Waals surface area contributed by atoms with Crippen molar-refractivity contribution in [2.24, 2.45) is 4.99 Å². The van der Waals surface area contributed by atoms with Gasteiger partial charge >= 0.3 is 0 Å². The molecule has 0 saturated carbocycles. The smallest absolute Gasteiger partial charge is 0.191 e. The molecule has 2 N–H and O–H groups in total. The van der Waals surface area contributed by atoms with Crippen LogP contribution in [0.5, 0.6) is 0 Å². The summed E-state index contributed by atoms with van der Waals surface area (Å²) < 4.78 is 5.66. The number of halogens is 1. The van der Waals surface area contributed by atoms with Gasteiger partial charge in [-0.1, -0.05) is 6.07 Å². The van der Waals surface area contributed by atoms with Gasteiger partial charge < -0.3 is 20.3 Å². The number of pyridine rings is 1. The fourth-order valence-corrected chi connectivity index (χ4v) is 3.17. The van der Waals surface area contributed by atoms with Gasteiger partial charge in [-0.3, -0.25) is 9.98 Å². The topological polar surface area (TPSA) is 61.8 Å². The summed E-state index contributed by atoms with van der Waals surface area (Å²) in [5, 5.41) is 6.99. The number of nitrogens with one attached hydrogen (secondary N) is 2. The molecule has 0 amide bonds. The molecule has 0 bridgehead atoms. The maximum Gasteiger partial charge on any atom is 0.191 e. The molecule has 0 unspecified atom stereocenters. The van der Waals surface area contributed by atoms with Crippen LogP contribution >= 0.6 is 24.0 Å². The quantitative estimate of drug-likeness (QED) is 0.308. The van der Waals surface area contributed by atoms with Crippen molar-refractivity contribution in [3.63, 3.8) is 0 Å². The standard InChI is InChI=1S/C21H37N5O.HI/c1-5-22-21(23-11-8-19-7-6-18(4)24-16-19)25-20-9-12-26(13-10-20)14-15-27-17(2)3;/h6-7,16-17,20H,5,8-15H2,1-4H3,(H2,22,23,25);1H. The average molecular weight is 503 g/mol. The molecule has 1 aromatic heterocycles. The zero-order chi connectivity index (χ0) is 19.5. The number of aryl methyl sites for hydroxylation is 1. The highest BCUT2D eigenvalue weighted by atomic mass is 127. The van der Waals surface area contributed by atoms with Crippen molar-refractivity contribution in [2.75, 3.05) is 39.3 Å². The lowest BCUT2D eigenvalue weighted by atomic mass is 10.1. The van der Waals surface area contributed by atoms with Gasteiger partial charge in [-0.2, -0.15) is 0 Å². The minimum absolute atomic E-state index is 0. The van der Waals surface area contributed by atoms with E-state index in [1.807, 2.05) is 13.1 Å². The third kappa shape index (κ3) is 10.0. The first-order chi connectivity index (χ1) is 13.1. The van der Waals surface area contributed by atoms with Crippen LogP contribution in [0, 0.1) is 6.92 Å². The lowest BCUT2D eigenvalue weighted by Gasteiger charge is -2.33. The Kier molecular flexibility index (Phi) is 12.7. The largest absolute Gasteiger partial charge is 0.377 e. The molecule has 7 heteroatoms. The molecule has 1 aromatic rings. The number of piperidine rings is 1. The molecule has 1 saturated heterocycles. The highest BCUT2D eigenvalue weighted by Gasteiger charge is 2.19. The summed E-state index contributed by atoms with van der Waals surface area (Å²) in [6.07, 6.45) is 5.48. The third-order valence-corrected chi connectivity index (χ3v) is 4.77. The molecule has 1 fully saturated rings. The summed E-state index contributed by atoms with van der Waals surface area (Å²) in [4.78, 5) is 11.6. The van der Waals surface area contributed by atoms with E-state index in [2.05, 4.69) is 53.4 Å². The highest BCUT2D eigenvalue weighted by molar-refractivity contribution is 14.0. The summed E-state index contributed by atoms with van der Waals surface area (Å²) in [6, 6.07) is 4.69. The van der Waals surface area contributed by atoms with Crippen molar-refractivity contribution >= 4 is 29.9 Å². The monoisotopic (exact) mass is 503 g/mol. The van der Waals surface area contributed by atoms with Crippen molar-refractivity contribution in [1.82, 2.24) is 20.5 Å². The molecule has 2 heterocycles. The Bertz CT molecular complexity index is 556. The van der Waals surface area contributed by atoms with E-state index in [0.29, 0.717) is 12.1 Å². The average Bonchev–Trinajstić information content (AvgIpc) is 2.64. The van der Waals surface area contributed by atoms with Gasteiger partial charge in [0.1, 0.15) is 0 Å². The lowest BCUT2D eigenvalue weighted by Crippen LogP contribution is -2.49. The van der Waals surface area contributed by atoms with E-state index < -0.39 is 0 Å². The van der Waals surface area contributed by atoms with E-state index in [1.54, 1.807) is 0 Å². The number of hydrogen-bond acceptors (Lipinski definition) is 4. The van der Waals surface area contributed by atoms with Gasteiger partial charge in [0, 0.05) is 50.7 Å². The Labute approximate surface area is 187 Å². The summed E-state index contributed by atoms with van der Waals surface area (Å²) in [7, 11) is 0. The molecule has 28 heavy (non-hydrogen) atoms. The van der Waals surface area contributed by atoms with E-state index in [1.165, 1.54) is 5.56 Å². The number of nitrogens with zero attached hydrogens (tertiary/aromatic N) is 3. The van der Waals surface area contributed by atoms with Crippen LogP contribution in [0.15, 0.2) is 23.3 Å². The summed E-state index contributed by atoms with van der Waals surface area (Å²) >= 11 is 0. The van der Waals surface area contributed by atoms with Crippen LogP contribution < -0.4 is 10.6 Å². The van der Waals surface area contributed by atoms with E-state index in [9.17, 15) is 0 Å². The summed E-state index contributed by atoms with van der Waals surface area (Å²) in [5.74, 6) is 0.930. The predicted molar refractivity (Wildman–Crippen MR) is 128 cm³/mol. The van der Waals surface area contributed by atoms with E-state index in [4.69, 9.17) is 9.73 Å². The Morgan fingerprint density at radius 1 is 1.32 bits per heavy atom. The van der Waals surface area contributed by atoms with Crippen LogP contribution in [0.1, 0.15) is 44.9 Å². The number of ether oxygens (including phenoxy) is 1. The molecule has 6 nitrogen and oxygen atoms in total. The normalized spacial score (nSPS) is 16.1. The minimum atomic E-state index is 0. The zero-order valence-electron chi connectivity index (χ0n) is 17.9. The molecule has 0 radical (unpaired) electrons. The Morgan fingerprint density at radius 3 is 2.68 bits per heavy atom. The molecule has 0 atom stereocenters. The number of aromatic nitrogens is 1. The Morgan fingerprint density at radius 2 is 2.07 bits per heavy atom. The predicted octanol–water partition coefficient (Wildman–Crippen LogP) is 3.00. The number of rotatable bonds is 9. The number of likely N-dealkylation sites (tertiary alicyclic amines) is 1. The fraction of sp³-hybridized carbons (Fsp3) is 0.714. The molecule has 0 aromatic carbocycles. The van der Waals surface area contributed by atoms with E-state index >= 15 is 0 Å². The molecule has 0 aliphatic carbocycles.